The molecule has 0 spiro atoms. The summed E-state index contributed by atoms with van der Waals surface area (Å²) in [6.45, 7) is 2.06. The fraction of sp³-hybridized carbons (Fsp3) is 0.250. The zero-order valence-corrected chi connectivity index (χ0v) is 16.2. The van der Waals surface area contributed by atoms with Crippen LogP contribution in [-0.4, -0.2) is 12.1 Å². The Bertz CT molecular complexity index is 1050. The number of ether oxygens (including phenoxy) is 1. The molecule has 4 rings (SSSR count). The fourth-order valence-electron chi connectivity index (χ4n) is 3.88. The summed E-state index contributed by atoms with van der Waals surface area (Å²) in [7, 11) is 1.66. The Balaban J connectivity index is 1.88. The maximum atomic E-state index is 10.0. The Morgan fingerprint density at radius 2 is 1.86 bits per heavy atom. The molecule has 28 heavy (non-hydrogen) atoms. The van der Waals surface area contributed by atoms with E-state index in [4.69, 9.17) is 9.72 Å². The fourth-order valence-corrected chi connectivity index (χ4v) is 3.88. The third-order valence-corrected chi connectivity index (χ3v) is 5.25. The summed E-state index contributed by atoms with van der Waals surface area (Å²) in [5, 5.41) is 13.4. The van der Waals surface area contributed by atoms with E-state index in [9.17, 15) is 5.26 Å². The molecule has 0 fully saturated rings. The largest absolute Gasteiger partial charge is 0.497 e. The second kappa shape index (κ2) is 7.74. The van der Waals surface area contributed by atoms with E-state index in [2.05, 4.69) is 30.4 Å². The van der Waals surface area contributed by atoms with Gasteiger partial charge in [0.25, 0.3) is 0 Å². The number of fused-ring (bicyclic) bond motifs is 1. The van der Waals surface area contributed by atoms with Gasteiger partial charge in [0.05, 0.1) is 7.11 Å². The number of aromatic nitrogens is 1. The minimum Gasteiger partial charge on any atom is -0.497 e. The number of hydrogen-bond donors (Lipinski definition) is 1. The zero-order chi connectivity index (χ0) is 19.5. The van der Waals surface area contributed by atoms with Gasteiger partial charge in [-0.05, 0) is 73.6 Å². The highest BCUT2D eigenvalue weighted by molar-refractivity contribution is 5.81. The molecule has 140 valence electrons. The van der Waals surface area contributed by atoms with Crippen molar-refractivity contribution < 1.29 is 4.74 Å². The smallest absolute Gasteiger partial charge is 0.149 e. The third kappa shape index (κ3) is 3.44. The Kier molecular flexibility index (Phi) is 4.99. The first-order valence-electron chi connectivity index (χ1n) is 9.63. The molecular formula is C24H23N3O. The molecule has 0 saturated carbocycles. The van der Waals surface area contributed by atoms with E-state index in [0.29, 0.717) is 11.4 Å². The summed E-state index contributed by atoms with van der Waals surface area (Å²) in [5.74, 6) is 1.45. The van der Waals surface area contributed by atoms with Crippen molar-refractivity contribution in [2.45, 2.75) is 32.6 Å². The van der Waals surface area contributed by atoms with E-state index in [0.717, 1.165) is 59.5 Å². The first-order valence-corrected chi connectivity index (χ1v) is 9.63. The minimum atomic E-state index is 0.604. The lowest BCUT2D eigenvalue weighted by Gasteiger charge is -2.22. The third-order valence-electron chi connectivity index (χ3n) is 5.25. The molecule has 0 aliphatic heterocycles. The molecule has 1 heterocycles. The lowest BCUT2D eigenvalue weighted by molar-refractivity contribution is 0.415. The van der Waals surface area contributed by atoms with Crippen LogP contribution >= 0.6 is 0 Å². The van der Waals surface area contributed by atoms with E-state index in [1.807, 2.05) is 36.4 Å². The molecule has 0 saturated heterocycles. The average molecular weight is 369 g/mol. The van der Waals surface area contributed by atoms with Crippen molar-refractivity contribution in [2.24, 2.45) is 0 Å². The summed E-state index contributed by atoms with van der Waals surface area (Å²) in [4.78, 5) is 4.87. The molecule has 0 unspecified atom stereocenters. The second-order valence-electron chi connectivity index (χ2n) is 7.18. The molecule has 1 aliphatic rings. The molecular weight excluding hydrogens is 346 g/mol. The number of aryl methyl sites for hydroxylation is 2. The van der Waals surface area contributed by atoms with Crippen LogP contribution in [0.2, 0.25) is 0 Å². The van der Waals surface area contributed by atoms with E-state index in [-0.39, 0.29) is 0 Å². The number of nitrogens with zero attached hydrogens (tertiary/aromatic N) is 2. The van der Waals surface area contributed by atoms with Crippen LogP contribution in [0.25, 0.3) is 11.1 Å². The quantitative estimate of drug-likeness (QED) is 0.654. The number of methoxy groups -OCH3 is 1. The molecule has 0 amide bonds. The van der Waals surface area contributed by atoms with Gasteiger partial charge >= 0.3 is 0 Å². The van der Waals surface area contributed by atoms with Gasteiger partial charge in [-0.15, -0.1) is 0 Å². The van der Waals surface area contributed by atoms with E-state index < -0.39 is 0 Å². The van der Waals surface area contributed by atoms with Crippen molar-refractivity contribution in [1.29, 1.82) is 5.26 Å². The van der Waals surface area contributed by atoms with Gasteiger partial charge in [0.2, 0.25) is 0 Å². The molecule has 1 N–H and O–H groups in total. The van der Waals surface area contributed by atoms with Gasteiger partial charge in [0.1, 0.15) is 23.2 Å². The van der Waals surface area contributed by atoms with E-state index in [1.165, 1.54) is 5.56 Å². The highest BCUT2D eigenvalue weighted by Crippen LogP contribution is 2.38. The predicted octanol–water partition coefficient (Wildman–Crippen LogP) is 5.56. The minimum absolute atomic E-state index is 0.604. The maximum absolute atomic E-state index is 10.0. The Labute approximate surface area is 165 Å². The molecule has 2 aromatic carbocycles. The monoisotopic (exact) mass is 369 g/mol. The summed E-state index contributed by atoms with van der Waals surface area (Å²) in [6, 6.07) is 18.5. The molecule has 0 radical (unpaired) electrons. The van der Waals surface area contributed by atoms with Crippen molar-refractivity contribution in [3.05, 3.63) is 70.9 Å². The average Bonchev–Trinajstić information content (AvgIpc) is 2.73. The van der Waals surface area contributed by atoms with E-state index >= 15 is 0 Å². The number of rotatable bonds is 4. The van der Waals surface area contributed by atoms with Crippen LogP contribution in [0.3, 0.4) is 0 Å². The van der Waals surface area contributed by atoms with Gasteiger partial charge in [-0.2, -0.15) is 5.26 Å². The number of nitrogens with one attached hydrogen (secondary N) is 1. The van der Waals surface area contributed by atoms with Crippen LogP contribution in [0, 0.1) is 18.3 Å². The number of anilines is 2. The van der Waals surface area contributed by atoms with Crippen molar-refractivity contribution in [3.8, 4) is 22.9 Å². The maximum Gasteiger partial charge on any atom is 0.149 e. The summed E-state index contributed by atoms with van der Waals surface area (Å²) in [6.07, 6.45) is 4.18. The zero-order valence-electron chi connectivity index (χ0n) is 16.2. The Morgan fingerprint density at radius 1 is 1.07 bits per heavy atom. The van der Waals surface area contributed by atoms with Crippen molar-refractivity contribution in [1.82, 2.24) is 4.98 Å². The van der Waals surface area contributed by atoms with Gasteiger partial charge < -0.3 is 10.1 Å². The predicted molar refractivity (Wildman–Crippen MR) is 112 cm³/mol. The molecule has 3 aromatic rings. The molecule has 0 bridgehead atoms. The summed E-state index contributed by atoms with van der Waals surface area (Å²) >= 11 is 0. The summed E-state index contributed by atoms with van der Waals surface area (Å²) in [5.41, 5.74) is 7.06. The van der Waals surface area contributed by atoms with Crippen LogP contribution in [0.5, 0.6) is 5.75 Å². The number of benzene rings is 2. The number of pyridine rings is 1. The number of hydrogen-bond acceptors (Lipinski definition) is 4. The van der Waals surface area contributed by atoms with Gasteiger partial charge in [-0.1, -0.05) is 24.3 Å². The lowest BCUT2D eigenvalue weighted by atomic mass is 9.86. The van der Waals surface area contributed by atoms with Crippen molar-refractivity contribution in [3.63, 3.8) is 0 Å². The topological polar surface area (TPSA) is 57.9 Å². The normalized spacial score (nSPS) is 12.8. The standard InChI is InChI=1S/C24H23N3O/c1-16-6-5-7-18(14-16)26-24-21(15-25)23(17-10-12-19(28-2)13-11-17)20-8-3-4-9-22(20)27-24/h5-7,10-14H,3-4,8-9H2,1-2H3,(H,26,27). The van der Waals surface area contributed by atoms with Gasteiger partial charge in [-0.3, -0.25) is 0 Å². The molecule has 4 heteroatoms. The van der Waals surface area contributed by atoms with Crippen LogP contribution in [0.15, 0.2) is 48.5 Å². The SMILES string of the molecule is COc1ccc(-c2c(C#N)c(Nc3cccc(C)c3)nc3c2CCCC3)cc1. The highest BCUT2D eigenvalue weighted by atomic mass is 16.5. The van der Waals surface area contributed by atoms with E-state index in [1.54, 1.807) is 7.11 Å². The van der Waals surface area contributed by atoms with Crippen LogP contribution in [0.4, 0.5) is 11.5 Å². The highest BCUT2D eigenvalue weighted by Gasteiger charge is 2.23. The second-order valence-corrected chi connectivity index (χ2v) is 7.18. The molecule has 0 atom stereocenters. The molecule has 1 aliphatic carbocycles. The van der Waals surface area contributed by atoms with Crippen molar-refractivity contribution in [2.75, 3.05) is 12.4 Å². The van der Waals surface area contributed by atoms with Crippen molar-refractivity contribution >= 4 is 11.5 Å². The van der Waals surface area contributed by atoms with Crippen LogP contribution in [0.1, 0.15) is 35.2 Å². The van der Waals surface area contributed by atoms with Crippen LogP contribution < -0.4 is 10.1 Å². The van der Waals surface area contributed by atoms with Gasteiger partial charge in [0.15, 0.2) is 0 Å². The number of nitriles is 1. The first kappa shape index (κ1) is 18.1. The summed E-state index contributed by atoms with van der Waals surface area (Å²) < 4.78 is 5.30. The molecule has 1 aromatic heterocycles. The van der Waals surface area contributed by atoms with Gasteiger partial charge in [0, 0.05) is 16.9 Å². The lowest BCUT2D eigenvalue weighted by Crippen LogP contribution is -2.12. The Morgan fingerprint density at radius 3 is 2.57 bits per heavy atom. The Hall–Kier alpha value is -3.32. The first-order chi connectivity index (χ1) is 13.7. The van der Waals surface area contributed by atoms with Crippen LogP contribution in [-0.2, 0) is 12.8 Å². The molecule has 4 nitrogen and oxygen atoms in total. The van der Waals surface area contributed by atoms with Gasteiger partial charge in [-0.25, -0.2) is 4.98 Å².